The van der Waals surface area contributed by atoms with Gasteiger partial charge in [0.1, 0.15) is 0 Å². The van der Waals surface area contributed by atoms with Crippen molar-refractivity contribution < 1.29 is 9.59 Å². The maximum Gasteiger partial charge on any atom is 0.271 e. The summed E-state index contributed by atoms with van der Waals surface area (Å²) in [4.78, 5) is 24.7. The van der Waals surface area contributed by atoms with Gasteiger partial charge >= 0.3 is 0 Å². The molecule has 0 fully saturated rings. The number of hydrogen-bond acceptors (Lipinski definition) is 3. The van der Waals surface area contributed by atoms with Gasteiger partial charge in [0, 0.05) is 23.0 Å². The smallest absolute Gasteiger partial charge is 0.271 e. The predicted molar refractivity (Wildman–Crippen MR) is 117 cm³/mol. The highest BCUT2D eigenvalue weighted by Crippen LogP contribution is 2.14. The van der Waals surface area contributed by atoms with E-state index >= 15 is 0 Å². The van der Waals surface area contributed by atoms with E-state index in [1.165, 1.54) is 6.21 Å². The highest BCUT2D eigenvalue weighted by Gasteiger charge is 2.10. The molecule has 29 heavy (non-hydrogen) atoms. The molecule has 3 rings (SSSR count). The summed E-state index contributed by atoms with van der Waals surface area (Å²) in [5, 5.41) is 6.73. The number of anilines is 1. The van der Waals surface area contributed by atoms with Gasteiger partial charge in [0.25, 0.3) is 11.8 Å². The zero-order valence-corrected chi connectivity index (χ0v) is 16.0. The summed E-state index contributed by atoms with van der Waals surface area (Å²) in [6, 6.07) is 23.8. The number of nitrogens with zero attached hydrogens (tertiary/aromatic N) is 1. The van der Waals surface area contributed by atoms with E-state index in [1.807, 2.05) is 61.5 Å². The first-order valence-electron chi connectivity index (χ1n) is 9.15. The lowest BCUT2D eigenvalue weighted by Crippen LogP contribution is -2.18. The second-order valence-corrected chi connectivity index (χ2v) is 6.34. The molecule has 2 amide bonds. The maximum atomic E-state index is 12.4. The molecule has 0 aromatic heterocycles. The van der Waals surface area contributed by atoms with Crippen LogP contribution in [0.5, 0.6) is 0 Å². The van der Waals surface area contributed by atoms with Crippen molar-refractivity contribution in [2.24, 2.45) is 5.10 Å². The first kappa shape index (κ1) is 19.8. The minimum Gasteiger partial charge on any atom is -0.322 e. The lowest BCUT2D eigenvalue weighted by molar-refractivity contribution is 0.0953. The standard InChI is InChI=1S/C24H21N3O2/c1-18-9-5-6-15-22(18)24(29)26-21-14-7-13-20(17-21)23(28)27-25-16-8-12-19-10-3-2-4-11-19/h2-17H,1H3,(H,26,29)(H,27,28). The molecule has 0 bridgehead atoms. The van der Waals surface area contributed by atoms with Crippen LogP contribution in [0.1, 0.15) is 31.8 Å². The Morgan fingerprint density at radius 3 is 2.41 bits per heavy atom. The van der Waals surface area contributed by atoms with Crippen LogP contribution < -0.4 is 10.7 Å². The van der Waals surface area contributed by atoms with Gasteiger partial charge in [-0.3, -0.25) is 9.59 Å². The van der Waals surface area contributed by atoms with Gasteiger partial charge in [-0.2, -0.15) is 5.10 Å². The van der Waals surface area contributed by atoms with Crippen LogP contribution in [0.25, 0.3) is 6.08 Å². The van der Waals surface area contributed by atoms with E-state index in [1.54, 1.807) is 36.4 Å². The van der Waals surface area contributed by atoms with Crippen molar-refractivity contribution in [1.82, 2.24) is 5.43 Å². The van der Waals surface area contributed by atoms with Gasteiger partial charge in [0.05, 0.1) is 0 Å². The molecule has 3 aromatic rings. The number of hydrogen-bond donors (Lipinski definition) is 2. The van der Waals surface area contributed by atoms with E-state index in [4.69, 9.17) is 0 Å². The van der Waals surface area contributed by atoms with Crippen molar-refractivity contribution >= 4 is 29.8 Å². The van der Waals surface area contributed by atoms with Gasteiger partial charge in [-0.1, -0.05) is 60.7 Å². The Labute approximate surface area is 169 Å². The van der Waals surface area contributed by atoms with Crippen LogP contribution in [-0.2, 0) is 0 Å². The quantitative estimate of drug-likeness (QED) is 0.479. The molecule has 0 heterocycles. The molecule has 0 saturated carbocycles. The minimum absolute atomic E-state index is 0.218. The molecule has 144 valence electrons. The minimum atomic E-state index is -0.360. The average Bonchev–Trinajstić information content (AvgIpc) is 2.74. The SMILES string of the molecule is Cc1ccccc1C(=O)Nc1cccc(C(=O)NN=CC=Cc2ccccc2)c1. The molecule has 2 N–H and O–H groups in total. The first-order chi connectivity index (χ1) is 14.1. The van der Waals surface area contributed by atoms with Gasteiger partial charge in [-0.05, 0) is 48.4 Å². The normalized spacial score (nSPS) is 10.9. The van der Waals surface area contributed by atoms with E-state index in [0.29, 0.717) is 16.8 Å². The molecule has 5 nitrogen and oxygen atoms in total. The lowest BCUT2D eigenvalue weighted by atomic mass is 10.1. The van der Waals surface area contributed by atoms with E-state index in [-0.39, 0.29) is 11.8 Å². The fourth-order valence-electron chi connectivity index (χ4n) is 2.69. The molecule has 0 saturated heterocycles. The van der Waals surface area contributed by atoms with E-state index < -0.39 is 0 Å². The predicted octanol–water partition coefficient (Wildman–Crippen LogP) is 4.68. The fraction of sp³-hybridized carbons (Fsp3) is 0.0417. The highest BCUT2D eigenvalue weighted by atomic mass is 16.2. The van der Waals surface area contributed by atoms with Crippen LogP contribution in [0.15, 0.2) is 90.0 Å². The van der Waals surface area contributed by atoms with Crippen LogP contribution in [0.4, 0.5) is 5.69 Å². The molecule has 0 aliphatic carbocycles. The van der Waals surface area contributed by atoms with Crippen molar-refractivity contribution in [1.29, 1.82) is 0 Å². The van der Waals surface area contributed by atoms with Crippen LogP contribution >= 0.6 is 0 Å². The van der Waals surface area contributed by atoms with E-state index in [2.05, 4.69) is 15.8 Å². The van der Waals surface area contributed by atoms with Crippen LogP contribution in [0.3, 0.4) is 0 Å². The third kappa shape index (κ3) is 5.74. The summed E-state index contributed by atoms with van der Waals surface area (Å²) in [6.07, 6.45) is 5.14. The Morgan fingerprint density at radius 2 is 1.62 bits per heavy atom. The molecule has 3 aromatic carbocycles. The zero-order chi connectivity index (χ0) is 20.5. The number of carbonyl (C=O) groups is 2. The number of benzene rings is 3. The highest BCUT2D eigenvalue weighted by molar-refractivity contribution is 6.06. The van der Waals surface area contributed by atoms with Gasteiger partial charge in [-0.15, -0.1) is 0 Å². The third-order valence-corrected chi connectivity index (χ3v) is 4.19. The number of hydrazone groups is 1. The Morgan fingerprint density at radius 1 is 0.862 bits per heavy atom. The largest absolute Gasteiger partial charge is 0.322 e. The number of nitrogens with one attached hydrogen (secondary N) is 2. The number of amides is 2. The molecular weight excluding hydrogens is 362 g/mol. The molecule has 0 atom stereocenters. The average molecular weight is 383 g/mol. The van der Waals surface area contributed by atoms with Gasteiger partial charge < -0.3 is 5.32 Å². The van der Waals surface area contributed by atoms with E-state index in [0.717, 1.165) is 11.1 Å². The Balaban J connectivity index is 1.59. The number of aryl methyl sites for hydroxylation is 1. The Bertz CT molecular complexity index is 1060. The van der Waals surface area contributed by atoms with Crippen LogP contribution in [-0.4, -0.2) is 18.0 Å². The molecule has 0 radical (unpaired) electrons. The van der Waals surface area contributed by atoms with Gasteiger partial charge in [0.15, 0.2) is 0 Å². The van der Waals surface area contributed by atoms with Crippen molar-refractivity contribution in [3.8, 4) is 0 Å². The van der Waals surface area contributed by atoms with Crippen molar-refractivity contribution in [3.05, 3.63) is 107 Å². The molecular formula is C24H21N3O2. The summed E-state index contributed by atoms with van der Waals surface area (Å²) in [5.74, 6) is -0.578. The second-order valence-electron chi connectivity index (χ2n) is 6.34. The molecule has 0 aliphatic rings. The van der Waals surface area contributed by atoms with Gasteiger partial charge in [0.2, 0.25) is 0 Å². The zero-order valence-electron chi connectivity index (χ0n) is 16.0. The molecule has 0 unspecified atom stereocenters. The van der Waals surface area contributed by atoms with Crippen LogP contribution in [0, 0.1) is 6.92 Å². The van der Waals surface area contributed by atoms with Crippen molar-refractivity contribution in [3.63, 3.8) is 0 Å². The molecule has 0 aliphatic heterocycles. The second kappa shape index (κ2) is 9.80. The summed E-state index contributed by atoms with van der Waals surface area (Å²) in [6.45, 7) is 1.88. The Kier molecular flexibility index (Phi) is 6.68. The number of allylic oxidation sites excluding steroid dienone is 1. The summed E-state index contributed by atoms with van der Waals surface area (Å²) >= 11 is 0. The lowest BCUT2D eigenvalue weighted by Gasteiger charge is -2.08. The summed E-state index contributed by atoms with van der Waals surface area (Å²) in [5.41, 5.74) is 5.94. The topological polar surface area (TPSA) is 70.6 Å². The van der Waals surface area contributed by atoms with E-state index in [9.17, 15) is 9.59 Å². The summed E-state index contributed by atoms with van der Waals surface area (Å²) in [7, 11) is 0. The third-order valence-electron chi connectivity index (χ3n) is 4.19. The number of carbonyl (C=O) groups excluding carboxylic acids is 2. The fourth-order valence-corrected chi connectivity index (χ4v) is 2.69. The van der Waals surface area contributed by atoms with Gasteiger partial charge in [-0.25, -0.2) is 5.43 Å². The maximum absolute atomic E-state index is 12.4. The monoisotopic (exact) mass is 383 g/mol. The first-order valence-corrected chi connectivity index (χ1v) is 9.15. The molecule has 5 heteroatoms. The molecule has 0 spiro atoms. The van der Waals surface area contributed by atoms with Crippen molar-refractivity contribution in [2.75, 3.05) is 5.32 Å². The Hall–Kier alpha value is -3.99. The number of rotatable bonds is 6. The van der Waals surface area contributed by atoms with Crippen molar-refractivity contribution in [2.45, 2.75) is 6.92 Å². The summed E-state index contributed by atoms with van der Waals surface area (Å²) < 4.78 is 0. The van der Waals surface area contributed by atoms with Crippen LogP contribution in [0.2, 0.25) is 0 Å².